The Labute approximate surface area is 123 Å². The quantitative estimate of drug-likeness (QED) is 0.907. The normalized spacial score (nSPS) is 10.2. The van der Waals surface area contributed by atoms with Crippen LogP contribution in [0.15, 0.2) is 42.5 Å². The molecule has 2 aromatic carbocycles. The van der Waals surface area contributed by atoms with Gasteiger partial charge in [-0.2, -0.15) is 0 Å². The molecule has 2 rings (SSSR count). The van der Waals surface area contributed by atoms with Gasteiger partial charge in [0.15, 0.2) is 11.6 Å². The minimum atomic E-state index is -0.424. The molecule has 0 heterocycles. The largest absolute Gasteiger partial charge is 0.490 e. The molecule has 0 unspecified atom stereocenters. The number of halogens is 1. The van der Waals surface area contributed by atoms with Crippen molar-refractivity contribution in [2.45, 2.75) is 20.3 Å². The monoisotopic (exact) mass is 287 g/mol. The molecule has 0 radical (unpaired) electrons. The van der Waals surface area contributed by atoms with Crippen molar-refractivity contribution in [1.82, 2.24) is 0 Å². The first-order valence-corrected chi connectivity index (χ1v) is 6.80. The predicted molar refractivity (Wildman–Crippen MR) is 81.1 cm³/mol. The summed E-state index contributed by atoms with van der Waals surface area (Å²) in [6.45, 7) is 4.09. The summed E-state index contributed by atoms with van der Waals surface area (Å²) in [5.74, 6) is -0.416. The highest BCUT2D eigenvalue weighted by atomic mass is 19.1. The molecule has 0 aromatic heterocycles. The van der Waals surface area contributed by atoms with Gasteiger partial charge in [0, 0.05) is 5.69 Å². The first-order chi connectivity index (χ1) is 10.0. The number of hydrogen-bond acceptors (Lipinski definition) is 2. The number of anilines is 1. The van der Waals surface area contributed by atoms with E-state index in [-0.39, 0.29) is 24.7 Å². The van der Waals surface area contributed by atoms with E-state index in [1.807, 2.05) is 32.0 Å². The molecule has 0 saturated heterocycles. The molecule has 2 aromatic rings. The fraction of sp³-hybridized carbons (Fsp3) is 0.235. The Kier molecular flexibility index (Phi) is 4.93. The number of benzene rings is 2. The van der Waals surface area contributed by atoms with Crippen molar-refractivity contribution < 1.29 is 13.9 Å². The van der Waals surface area contributed by atoms with Gasteiger partial charge in [-0.25, -0.2) is 4.39 Å². The van der Waals surface area contributed by atoms with Gasteiger partial charge < -0.3 is 10.1 Å². The van der Waals surface area contributed by atoms with Crippen LogP contribution in [-0.4, -0.2) is 12.5 Å². The number of amides is 1. The van der Waals surface area contributed by atoms with Gasteiger partial charge in [-0.1, -0.05) is 18.2 Å². The van der Waals surface area contributed by atoms with E-state index in [4.69, 9.17) is 4.74 Å². The van der Waals surface area contributed by atoms with Crippen LogP contribution in [0, 0.1) is 19.7 Å². The topological polar surface area (TPSA) is 38.3 Å². The fourth-order valence-electron chi connectivity index (χ4n) is 2.09. The molecule has 0 aliphatic heterocycles. The van der Waals surface area contributed by atoms with Gasteiger partial charge in [-0.3, -0.25) is 4.79 Å². The zero-order chi connectivity index (χ0) is 15.2. The third kappa shape index (κ3) is 4.60. The molecule has 3 nitrogen and oxygen atoms in total. The zero-order valence-electron chi connectivity index (χ0n) is 12.2. The van der Waals surface area contributed by atoms with E-state index >= 15 is 0 Å². The Hall–Kier alpha value is -2.36. The lowest BCUT2D eigenvalue weighted by molar-refractivity contribution is -0.116. The maximum atomic E-state index is 13.3. The number of aryl methyl sites for hydroxylation is 2. The lowest BCUT2D eigenvalue weighted by atomic mass is 10.1. The third-order valence-electron chi connectivity index (χ3n) is 2.93. The number of hydrogen-bond donors (Lipinski definition) is 1. The van der Waals surface area contributed by atoms with Crippen molar-refractivity contribution in [3.05, 3.63) is 59.4 Å². The van der Waals surface area contributed by atoms with Crippen LogP contribution in [0.3, 0.4) is 0 Å². The molecular weight excluding hydrogens is 269 g/mol. The summed E-state index contributed by atoms with van der Waals surface area (Å²) in [7, 11) is 0. The van der Waals surface area contributed by atoms with Gasteiger partial charge in [0.1, 0.15) is 0 Å². The van der Waals surface area contributed by atoms with Crippen molar-refractivity contribution in [2.24, 2.45) is 0 Å². The van der Waals surface area contributed by atoms with Crippen LogP contribution >= 0.6 is 0 Å². The molecular formula is C17H18FNO2. The maximum absolute atomic E-state index is 13.3. The molecule has 0 aliphatic carbocycles. The third-order valence-corrected chi connectivity index (χ3v) is 2.93. The maximum Gasteiger partial charge on any atom is 0.227 e. The average Bonchev–Trinajstić information content (AvgIpc) is 2.39. The van der Waals surface area contributed by atoms with Gasteiger partial charge in [0.2, 0.25) is 5.91 Å². The first-order valence-electron chi connectivity index (χ1n) is 6.80. The van der Waals surface area contributed by atoms with Crippen LogP contribution < -0.4 is 10.1 Å². The predicted octanol–water partition coefficient (Wildman–Crippen LogP) is 3.85. The van der Waals surface area contributed by atoms with Crippen LogP contribution in [0.25, 0.3) is 0 Å². The first kappa shape index (κ1) is 15.0. The van der Waals surface area contributed by atoms with E-state index < -0.39 is 5.82 Å². The molecule has 1 N–H and O–H groups in total. The van der Waals surface area contributed by atoms with Gasteiger partial charge >= 0.3 is 0 Å². The van der Waals surface area contributed by atoms with Crippen LogP contribution in [0.4, 0.5) is 10.1 Å². The van der Waals surface area contributed by atoms with E-state index in [2.05, 4.69) is 5.32 Å². The van der Waals surface area contributed by atoms with Crippen molar-refractivity contribution >= 4 is 11.6 Å². The highest BCUT2D eigenvalue weighted by molar-refractivity contribution is 5.90. The lowest BCUT2D eigenvalue weighted by Gasteiger charge is -2.09. The zero-order valence-corrected chi connectivity index (χ0v) is 12.2. The molecule has 0 aliphatic rings. The summed E-state index contributed by atoms with van der Waals surface area (Å²) in [5, 5.41) is 2.81. The van der Waals surface area contributed by atoms with Gasteiger partial charge in [0.05, 0.1) is 13.0 Å². The lowest BCUT2D eigenvalue weighted by Crippen LogP contribution is -2.15. The number of rotatable bonds is 5. The van der Waals surface area contributed by atoms with Crippen molar-refractivity contribution in [3.8, 4) is 5.75 Å². The summed E-state index contributed by atoms with van der Waals surface area (Å²) in [6, 6.07) is 12.0. The Balaban J connectivity index is 1.84. The molecule has 1 amide bonds. The van der Waals surface area contributed by atoms with E-state index in [0.717, 1.165) is 16.8 Å². The second-order valence-electron chi connectivity index (χ2n) is 4.95. The molecule has 110 valence electrons. The summed E-state index contributed by atoms with van der Waals surface area (Å²) in [5.41, 5.74) is 2.95. The SMILES string of the molecule is Cc1cc(C)cc(NC(=O)CCOc2ccccc2F)c1. The summed E-state index contributed by atoms with van der Waals surface area (Å²) in [4.78, 5) is 11.8. The van der Waals surface area contributed by atoms with Gasteiger partial charge in [-0.05, 0) is 49.2 Å². The van der Waals surface area contributed by atoms with E-state index in [1.165, 1.54) is 12.1 Å². The molecule has 0 spiro atoms. The molecule has 0 fully saturated rings. The Morgan fingerprint density at radius 1 is 1.14 bits per heavy atom. The number of carbonyl (C=O) groups is 1. The van der Waals surface area contributed by atoms with Crippen LogP contribution in [0.5, 0.6) is 5.75 Å². The fourth-order valence-corrected chi connectivity index (χ4v) is 2.09. The molecule has 4 heteroatoms. The number of para-hydroxylation sites is 1. The van der Waals surface area contributed by atoms with Crippen molar-refractivity contribution in [1.29, 1.82) is 0 Å². The smallest absolute Gasteiger partial charge is 0.227 e. The molecule has 0 saturated carbocycles. The summed E-state index contributed by atoms with van der Waals surface area (Å²) >= 11 is 0. The van der Waals surface area contributed by atoms with Crippen LogP contribution in [0.1, 0.15) is 17.5 Å². The molecule has 0 bridgehead atoms. The van der Waals surface area contributed by atoms with Gasteiger partial charge in [-0.15, -0.1) is 0 Å². The Morgan fingerprint density at radius 2 is 1.81 bits per heavy atom. The van der Waals surface area contributed by atoms with Crippen LogP contribution in [-0.2, 0) is 4.79 Å². The minimum absolute atomic E-state index is 0.136. The highest BCUT2D eigenvalue weighted by Crippen LogP contribution is 2.16. The van der Waals surface area contributed by atoms with Crippen molar-refractivity contribution in [2.75, 3.05) is 11.9 Å². The van der Waals surface area contributed by atoms with Crippen LogP contribution in [0.2, 0.25) is 0 Å². The Morgan fingerprint density at radius 3 is 2.48 bits per heavy atom. The number of ether oxygens (including phenoxy) is 1. The van der Waals surface area contributed by atoms with E-state index in [9.17, 15) is 9.18 Å². The summed E-state index contributed by atoms with van der Waals surface area (Å²) in [6.07, 6.45) is 0.168. The number of nitrogens with one attached hydrogen (secondary N) is 1. The highest BCUT2D eigenvalue weighted by Gasteiger charge is 2.06. The number of carbonyl (C=O) groups excluding carboxylic acids is 1. The average molecular weight is 287 g/mol. The standard InChI is InChI=1S/C17H18FNO2/c1-12-9-13(2)11-14(10-12)19-17(20)7-8-21-16-6-4-3-5-15(16)18/h3-6,9-11H,7-8H2,1-2H3,(H,19,20). The molecule has 0 atom stereocenters. The van der Waals surface area contributed by atoms with E-state index in [0.29, 0.717) is 0 Å². The van der Waals surface area contributed by atoms with E-state index in [1.54, 1.807) is 12.1 Å². The summed E-state index contributed by atoms with van der Waals surface area (Å²) < 4.78 is 18.6. The second kappa shape index (κ2) is 6.88. The Bertz CT molecular complexity index is 620. The minimum Gasteiger partial charge on any atom is -0.490 e. The molecule has 21 heavy (non-hydrogen) atoms. The van der Waals surface area contributed by atoms with Crippen molar-refractivity contribution in [3.63, 3.8) is 0 Å². The second-order valence-corrected chi connectivity index (χ2v) is 4.95. The van der Waals surface area contributed by atoms with Gasteiger partial charge in [0.25, 0.3) is 0 Å².